The third-order valence-corrected chi connectivity index (χ3v) is 2.17. The zero-order valence-electron chi connectivity index (χ0n) is 5.96. The average Bonchev–Trinajstić information content (AvgIpc) is 2.55. The van der Waals surface area contributed by atoms with E-state index in [2.05, 4.69) is 4.98 Å². The van der Waals surface area contributed by atoms with Gasteiger partial charge in [0.2, 0.25) is 6.79 Å². The minimum absolute atomic E-state index is 0.362. The fourth-order valence-corrected chi connectivity index (χ4v) is 1.61. The second kappa shape index (κ2) is 1.67. The van der Waals surface area contributed by atoms with Gasteiger partial charge in [0.1, 0.15) is 0 Å². The number of fused-ring (bicyclic) bond motifs is 2. The van der Waals surface area contributed by atoms with Crippen LogP contribution < -0.4 is 9.47 Å². The summed E-state index contributed by atoms with van der Waals surface area (Å²) in [6.45, 7) is 0.362. The number of rotatable bonds is 0. The molecule has 0 amide bonds. The number of aromatic nitrogens is 1. The Hall–Kier alpha value is -1.25. The Kier molecular flexibility index (Phi) is 0.820. The highest BCUT2D eigenvalue weighted by Gasteiger charge is 2.26. The average molecular weight is 149 g/mol. The van der Waals surface area contributed by atoms with Gasteiger partial charge in [0.05, 0.1) is 5.69 Å². The number of pyridine rings is 1. The molecule has 3 aliphatic rings. The molecule has 2 aliphatic heterocycles. The molecule has 0 unspecified atom stereocenters. The molecule has 0 aromatic carbocycles. The van der Waals surface area contributed by atoms with Gasteiger partial charge in [-0.05, 0) is 12.8 Å². The van der Waals surface area contributed by atoms with E-state index in [1.54, 1.807) is 0 Å². The van der Waals surface area contributed by atoms with Crippen molar-refractivity contribution < 1.29 is 9.47 Å². The molecule has 56 valence electrons. The number of hydrogen-bond donors (Lipinski definition) is 0. The second-order valence-electron chi connectivity index (χ2n) is 2.79. The van der Waals surface area contributed by atoms with Crippen molar-refractivity contribution in [1.82, 2.24) is 4.98 Å². The zero-order chi connectivity index (χ0) is 7.26. The first kappa shape index (κ1) is 5.41. The molecule has 3 nitrogen and oxygen atoms in total. The standard InChI is InChI=1S/C8H7NO2/c1-2-6-8-7(10-4-11-8)5(1)3-9-6/h3H,1-2,4H2. The van der Waals surface area contributed by atoms with Crippen molar-refractivity contribution in [3.63, 3.8) is 0 Å². The highest BCUT2D eigenvalue weighted by molar-refractivity contribution is 5.53. The van der Waals surface area contributed by atoms with Crippen molar-refractivity contribution in [1.29, 1.82) is 0 Å². The Morgan fingerprint density at radius 2 is 2.09 bits per heavy atom. The summed E-state index contributed by atoms with van der Waals surface area (Å²) in [5, 5.41) is 0. The first-order valence-corrected chi connectivity index (χ1v) is 3.71. The van der Waals surface area contributed by atoms with Gasteiger partial charge in [-0.15, -0.1) is 0 Å². The lowest BCUT2D eigenvalue weighted by Gasteiger charge is -2.13. The molecule has 1 aromatic rings. The predicted molar refractivity (Wildman–Crippen MR) is 37.8 cm³/mol. The molecule has 0 saturated carbocycles. The molecule has 0 N–H and O–H groups in total. The van der Waals surface area contributed by atoms with Crippen LogP contribution in [0.3, 0.4) is 0 Å². The number of aryl methyl sites for hydroxylation is 2. The van der Waals surface area contributed by atoms with Crippen molar-refractivity contribution in [3.05, 3.63) is 17.5 Å². The number of nitrogens with zero attached hydrogens (tertiary/aromatic N) is 1. The number of ether oxygens (including phenoxy) is 2. The maximum atomic E-state index is 5.30. The fourth-order valence-electron chi connectivity index (χ4n) is 1.61. The maximum Gasteiger partial charge on any atom is 0.231 e. The lowest BCUT2D eigenvalue weighted by molar-refractivity contribution is 0.173. The van der Waals surface area contributed by atoms with Crippen molar-refractivity contribution in [2.24, 2.45) is 0 Å². The lowest BCUT2D eigenvalue weighted by Crippen LogP contribution is -2.04. The van der Waals surface area contributed by atoms with Crippen LogP contribution in [-0.4, -0.2) is 11.8 Å². The van der Waals surface area contributed by atoms with Crippen LogP contribution in [0.2, 0.25) is 0 Å². The van der Waals surface area contributed by atoms with Crippen molar-refractivity contribution in [3.8, 4) is 11.5 Å². The Morgan fingerprint density at radius 1 is 1.18 bits per heavy atom. The maximum absolute atomic E-state index is 5.30. The zero-order valence-corrected chi connectivity index (χ0v) is 5.96. The molecular formula is C8H7NO2. The summed E-state index contributed by atoms with van der Waals surface area (Å²) in [5.41, 5.74) is 2.24. The molecule has 3 heteroatoms. The summed E-state index contributed by atoms with van der Waals surface area (Å²) in [6.07, 6.45) is 3.95. The predicted octanol–water partition coefficient (Wildman–Crippen LogP) is 0.909. The summed E-state index contributed by atoms with van der Waals surface area (Å²) in [4.78, 5) is 4.23. The Bertz CT molecular complexity index is 291. The van der Waals surface area contributed by atoms with Gasteiger partial charge >= 0.3 is 0 Å². The van der Waals surface area contributed by atoms with Gasteiger partial charge in [0, 0.05) is 11.8 Å². The Labute approximate surface area is 64.0 Å². The molecule has 3 heterocycles. The minimum atomic E-state index is 0.362. The van der Waals surface area contributed by atoms with Gasteiger partial charge in [0.15, 0.2) is 11.5 Å². The van der Waals surface area contributed by atoms with Gasteiger partial charge in [-0.2, -0.15) is 0 Å². The molecular weight excluding hydrogens is 142 g/mol. The van der Waals surface area contributed by atoms with Crippen molar-refractivity contribution in [2.75, 3.05) is 6.79 Å². The molecule has 0 atom stereocenters. The first-order valence-electron chi connectivity index (χ1n) is 3.71. The van der Waals surface area contributed by atoms with Gasteiger partial charge in [0.25, 0.3) is 0 Å². The van der Waals surface area contributed by atoms with Crippen LogP contribution in [-0.2, 0) is 12.8 Å². The quantitative estimate of drug-likeness (QED) is 0.549. The van der Waals surface area contributed by atoms with Crippen LogP contribution in [0, 0.1) is 0 Å². The van der Waals surface area contributed by atoms with E-state index >= 15 is 0 Å². The van der Waals surface area contributed by atoms with Crippen LogP contribution in [0.5, 0.6) is 11.5 Å². The van der Waals surface area contributed by atoms with Gasteiger partial charge in [-0.25, -0.2) is 0 Å². The first-order chi connectivity index (χ1) is 5.45. The molecule has 2 bridgehead atoms. The molecule has 11 heavy (non-hydrogen) atoms. The molecule has 1 aliphatic carbocycles. The highest BCUT2D eigenvalue weighted by atomic mass is 16.7. The third kappa shape index (κ3) is 0.557. The summed E-state index contributed by atoms with van der Waals surface area (Å²) >= 11 is 0. The second-order valence-corrected chi connectivity index (χ2v) is 2.79. The summed E-state index contributed by atoms with van der Waals surface area (Å²) in [6, 6.07) is 0. The third-order valence-electron chi connectivity index (χ3n) is 2.17. The van der Waals surface area contributed by atoms with Gasteiger partial charge < -0.3 is 9.47 Å². The van der Waals surface area contributed by atoms with Gasteiger partial charge in [-0.3, -0.25) is 4.98 Å². The van der Waals surface area contributed by atoms with Crippen LogP contribution in [0.1, 0.15) is 11.3 Å². The van der Waals surface area contributed by atoms with E-state index in [4.69, 9.17) is 9.47 Å². The van der Waals surface area contributed by atoms with Crippen LogP contribution in [0.15, 0.2) is 6.20 Å². The summed E-state index contributed by atoms with van der Waals surface area (Å²) in [5.74, 6) is 1.81. The number of hydrogen-bond acceptors (Lipinski definition) is 3. The van der Waals surface area contributed by atoms with E-state index in [1.807, 2.05) is 6.20 Å². The molecule has 0 fully saturated rings. The van der Waals surface area contributed by atoms with E-state index in [1.165, 1.54) is 5.56 Å². The molecule has 0 spiro atoms. The van der Waals surface area contributed by atoms with Crippen LogP contribution in [0.4, 0.5) is 0 Å². The Morgan fingerprint density at radius 3 is 2.82 bits per heavy atom. The smallest absolute Gasteiger partial charge is 0.231 e. The van der Waals surface area contributed by atoms with Crippen molar-refractivity contribution >= 4 is 0 Å². The van der Waals surface area contributed by atoms with E-state index in [9.17, 15) is 0 Å². The fraction of sp³-hybridized carbons (Fsp3) is 0.375. The minimum Gasteiger partial charge on any atom is -0.453 e. The van der Waals surface area contributed by atoms with Crippen LogP contribution in [0.25, 0.3) is 0 Å². The molecule has 1 aromatic heterocycles. The topological polar surface area (TPSA) is 31.4 Å². The van der Waals surface area contributed by atoms with Crippen molar-refractivity contribution in [2.45, 2.75) is 12.8 Å². The summed E-state index contributed by atoms with van der Waals surface area (Å²) in [7, 11) is 0. The van der Waals surface area contributed by atoms with E-state index in [-0.39, 0.29) is 0 Å². The normalized spacial score (nSPS) is 17.5. The summed E-state index contributed by atoms with van der Waals surface area (Å²) < 4.78 is 10.6. The van der Waals surface area contributed by atoms with E-state index in [0.29, 0.717) is 6.79 Å². The molecule has 4 rings (SSSR count). The SMILES string of the molecule is c1nc2c3c(c1CC2)OCO3. The largest absolute Gasteiger partial charge is 0.453 e. The van der Waals surface area contributed by atoms with E-state index in [0.717, 1.165) is 30.0 Å². The Balaban J connectivity index is 2.36. The highest BCUT2D eigenvalue weighted by Crippen LogP contribution is 2.41. The molecule has 0 radical (unpaired) electrons. The van der Waals surface area contributed by atoms with E-state index < -0.39 is 0 Å². The monoisotopic (exact) mass is 149 g/mol. The van der Waals surface area contributed by atoms with Gasteiger partial charge in [-0.1, -0.05) is 0 Å². The lowest BCUT2D eigenvalue weighted by atomic mass is 10.0. The molecule has 0 saturated heterocycles. The van der Waals surface area contributed by atoms with Crippen LogP contribution >= 0.6 is 0 Å².